The van der Waals surface area contributed by atoms with Gasteiger partial charge in [0.05, 0.1) is 22.2 Å². The quantitative estimate of drug-likeness (QED) is 0.340. The molecule has 4 aromatic rings. The number of esters is 1. The molecule has 6 nitrogen and oxygen atoms in total. The maximum Gasteiger partial charge on any atom is 0.343 e. The third-order valence-electron chi connectivity index (χ3n) is 5.82. The number of pyridine rings is 1. The molecule has 5 rings (SSSR count). The van der Waals surface area contributed by atoms with E-state index in [9.17, 15) is 9.59 Å². The van der Waals surface area contributed by atoms with E-state index in [-0.39, 0.29) is 5.91 Å². The van der Waals surface area contributed by atoms with Crippen LogP contribution in [0.1, 0.15) is 35.5 Å². The number of anilines is 1. The molecule has 1 aromatic heterocycles. The van der Waals surface area contributed by atoms with Gasteiger partial charge in [-0.05, 0) is 61.9 Å². The van der Waals surface area contributed by atoms with E-state index in [0.717, 1.165) is 22.2 Å². The highest BCUT2D eigenvalue weighted by atomic mass is 16.5. The number of aromatic nitrogens is 1. The van der Waals surface area contributed by atoms with Gasteiger partial charge in [0.25, 0.3) is 0 Å². The second-order valence-electron chi connectivity index (χ2n) is 8.48. The first-order valence-electron chi connectivity index (χ1n) is 10.7. The second kappa shape index (κ2) is 8.06. The standard InChI is InChI=1S/C27H22N2O4/c1-27(2)22-14-13-21(15-24(22)29-26(27)31)33-25(30)18-8-11-20(12-9-18)32-16-19-10-7-17-5-3-4-6-23(17)28-19/h3-15H,16H2,1-2H3,(H,29,31). The van der Waals surface area contributed by atoms with E-state index in [0.29, 0.717) is 29.4 Å². The van der Waals surface area contributed by atoms with Crippen LogP contribution in [0.2, 0.25) is 0 Å². The Morgan fingerprint density at radius 2 is 1.70 bits per heavy atom. The van der Waals surface area contributed by atoms with Crippen LogP contribution in [0, 0.1) is 0 Å². The summed E-state index contributed by atoms with van der Waals surface area (Å²) in [4.78, 5) is 29.3. The molecular weight excluding hydrogens is 416 g/mol. The molecule has 2 heterocycles. The molecule has 0 saturated heterocycles. The largest absolute Gasteiger partial charge is 0.487 e. The van der Waals surface area contributed by atoms with E-state index in [1.807, 2.05) is 56.3 Å². The molecule has 1 aliphatic rings. The smallest absolute Gasteiger partial charge is 0.343 e. The van der Waals surface area contributed by atoms with Crippen molar-refractivity contribution >= 4 is 28.5 Å². The Balaban J connectivity index is 1.22. The van der Waals surface area contributed by atoms with E-state index in [4.69, 9.17) is 9.47 Å². The van der Waals surface area contributed by atoms with E-state index in [1.165, 1.54) is 0 Å². The van der Waals surface area contributed by atoms with Crippen molar-refractivity contribution in [3.05, 3.63) is 95.7 Å². The minimum atomic E-state index is -0.601. The van der Waals surface area contributed by atoms with Crippen molar-refractivity contribution in [2.45, 2.75) is 25.9 Å². The van der Waals surface area contributed by atoms with Crippen molar-refractivity contribution in [1.29, 1.82) is 0 Å². The lowest BCUT2D eigenvalue weighted by Gasteiger charge is -2.15. The average molecular weight is 438 g/mol. The van der Waals surface area contributed by atoms with Gasteiger partial charge in [0.15, 0.2) is 0 Å². The number of para-hydroxylation sites is 1. The number of carbonyl (C=O) groups excluding carboxylic acids is 2. The molecule has 0 fully saturated rings. The Morgan fingerprint density at radius 3 is 2.52 bits per heavy atom. The fourth-order valence-corrected chi connectivity index (χ4v) is 3.84. The van der Waals surface area contributed by atoms with Crippen LogP contribution in [0.3, 0.4) is 0 Å². The van der Waals surface area contributed by atoms with Crippen LogP contribution in [0.15, 0.2) is 78.9 Å². The zero-order valence-corrected chi connectivity index (χ0v) is 18.3. The van der Waals surface area contributed by atoms with Crippen LogP contribution in [0.5, 0.6) is 11.5 Å². The molecule has 1 N–H and O–H groups in total. The van der Waals surface area contributed by atoms with Crippen LogP contribution in [-0.4, -0.2) is 16.9 Å². The predicted octanol–water partition coefficient (Wildman–Crippen LogP) is 5.26. The summed E-state index contributed by atoms with van der Waals surface area (Å²) in [6.07, 6.45) is 0. The number of rotatable bonds is 5. The normalized spacial score (nSPS) is 13.9. The SMILES string of the molecule is CC1(C)C(=O)Nc2cc(OC(=O)c3ccc(OCc4ccc5ccccc5n4)cc3)ccc21. The molecule has 0 unspecified atom stereocenters. The Kier molecular flexibility index (Phi) is 5.05. The average Bonchev–Trinajstić information content (AvgIpc) is 3.05. The molecule has 0 aliphatic carbocycles. The monoisotopic (exact) mass is 438 g/mol. The maximum absolute atomic E-state index is 12.6. The van der Waals surface area contributed by atoms with Gasteiger partial charge in [0.2, 0.25) is 5.91 Å². The van der Waals surface area contributed by atoms with E-state index < -0.39 is 11.4 Å². The summed E-state index contributed by atoms with van der Waals surface area (Å²) in [6, 6.07) is 23.8. The highest BCUT2D eigenvalue weighted by Crippen LogP contribution is 2.39. The Morgan fingerprint density at radius 1 is 0.939 bits per heavy atom. The zero-order chi connectivity index (χ0) is 23.0. The number of hydrogen-bond donors (Lipinski definition) is 1. The number of nitrogens with zero attached hydrogens (tertiary/aromatic N) is 1. The maximum atomic E-state index is 12.6. The van der Waals surface area contributed by atoms with Crippen LogP contribution in [0.4, 0.5) is 5.69 Å². The van der Waals surface area contributed by atoms with Crippen LogP contribution >= 0.6 is 0 Å². The van der Waals surface area contributed by atoms with Crippen molar-refractivity contribution in [3.63, 3.8) is 0 Å². The fourth-order valence-electron chi connectivity index (χ4n) is 3.84. The second-order valence-corrected chi connectivity index (χ2v) is 8.48. The molecule has 0 saturated carbocycles. The third-order valence-corrected chi connectivity index (χ3v) is 5.82. The minimum Gasteiger partial charge on any atom is -0.487 e. The highest BCUT2D eigenvalue weighted by molar-refractivity contribution is 6.06. The van der Waals surface area contributed by atoms with Gasteiger partial charge >= 0.3 is 5.97 Å². The van der Waals surface area contributed by atoms with Crippen molar-refractivity contribution < 1.29 is 19.1 Å². The first kappa shape index (κ1) is 20.7. The lowest BCUT2D eigenvalue weighted by Crippen LogP contribution is -2.26. The summed E-state index contributed by atoms with van der Waals surface area (Å²) >= 11 is 0. The molecule has 3 aromatic carbocycles. The van der Waals surface area contributed by atoms with E-state index in [2.05, 4.69) is 10.3 Å². The summed E-state index contributed by atoms with van der Waals surface area (Å²) in [5, 5.41) is 3.92. The summed E-state index contributed by atoms with van der Waals surface area (Å²) in [5.41, 5.74) is 3.10. The van der Waals surface area contributed by atoms with Crippen LogP contribution < -0.4 is 14.8 Å². The molecule has 0 spiro atoms. The number of hydrogen-bond acceptors (Lipinski definition) is 5. The molecule has 6 heteroatoms. The van der Waals surface area contributed by atoms with Gasteiger partial charge in [-0.15, -0.1) is 0 Å². The van der Waals surface area contributed by atoms with Gasteiger partial charge in [-0.2, -0.15) is 0 Å². The van der Waals surface area contributed by atoms with Gasteiger partial charge in [-0.3, -0.25) is 4.79 Å². The molecule has 0 bridgehead atoms. The first-order chi connectivity index (χ1) is 15.9. The van der Waals surface area contributed by atoms with Crippen molar-refractivity contribution in [2.75, 3.05) is 5.32 Å². The van der Waals surface area contributed by atoms with Crippen molar-refractivity contribution in [3.8, 4) is 11.5 Å². The lowest BCUT2D eigenvalue weighted by atomic mass is 9.86. The van der Waals surface area contributed by atoms with Crippen molar-refractivity contribution in [1.82, 2.24) is 4.98 Å². The van der Waals surface area contributed by atoms with Gasteiger partial charge in [0, 0.05) is 17.1 Å². The van der Waals surface area contributed by atoms with E-state index >= 15 is 0 Å². The van der Waals surface area contributed by atoms with Gasteiger partial charge in [-0.25, -0.2) is 9.78 Å². The van der Waals surface area contributed by atoms with Crippen LogP contribution in [-0.2, 0) is 16.8 Å². The molecule has 0 radical (unpaired) electrons. The molecule has 1 amide bonds. The lowest BCUT2D eigenvalue weighted by molar-refractivity contribution is -0.119. The predicted molar refractivity (Wildman–Crippen MR) is 126 cm³/mol. The molecule has 1 aliphatic heterocycles. The third kappa shape index (κ3) is 4.03. The van der Waals surface area contributed by atoms with Gasteiger partial charge in [-0.1, -0.05) is 30.3 Å². The zero-order valence-electron chi connectivity index (χ0n) is 18.3. The number of ether oxygens (including phenoxy) is 2. The number of amides is 1. The van der Waals surface area contributed by atoms with Crippen molar-refractivity contribution in [2.24, 2.45) is 0 Å². The summed E-state index contributed by atoms with van der Waals surface area (Å²) in [7, 11) is 0. The van der Waals surface area contributed by atoms with Gasteiger partial charge < -0.3 is 14.8 Å². The Bertz CT molecular complexity index is 1380. The fraction of sp³-hybridized carbons (Fsp3) is 0.148. The number of benzene rings is 3. The summed E-state index contributed by atoms with van der Waals surface area (Å²) in [6.45, 7) is 4.05. The van der Waals surface area contributed by atoms with Crippen LogP contribution in [0.25, 0.3) is 10.9 Å². The topological polar surface area (TPSA) is 77.5 Å². The molecule has 33 heavy (non-hydrogen) atoms. The first-order valence-corrected chi connectivity index (χ1v) is 10.7. The minimum absolute atomic E-state index is 0.0737. The molecular formula is C27H22N2O4. The summed E-state index contributed by atoms with van der Waals surface area (Å²) < 4.78 is 11.3. The number of fused-ring (bicyclic) bond motifs is 2. The van der Waals surface area contributed by atoms with Gasteiger partial charge in [0.1, 0.15) is 18.1 Å². The Labute approximate surface area is 191 Å². The van der Waals surface area contributed by atoms with E-state index in [1.54, 1.807) is 36.4 Å². The Hall–Kier alpha value is -4.19. The highest BCUT2D eigenvalue weighted by Gasteiger charge is 2.38. The molecule has 164 valence electrons. The molecule has 0 atom stereocenters. The number of nitrogens with one attached hydrogen (secondary N) is 1. The number of carbonyl (C=O) groups is 2. The summed E-state index contributed by atoms with van der Waals surface area (Å²) in [5.74, 6) is 0.445.